The van der Waals surface area contributed by atoms with Crippen LogP contribution in [0.3, 0.4) is 0 Å². The summed E-state index contributed by atoms with van der Waals surface area (Å²) < 4.78 is 6.08. The third kappa shape index (κ3) is 5.50. The fourth-order valence-corrected chi connectivity index (χ4v) is 2.71. The maximum Gasteiger partial charge on any atom is 0.224 e. The van der Waals surface area contributed by atoms with Crippen LogP contribution in [0.4, 0.5) is 0 Å². The molecule has 1 unspecified atom stereocenters. The molecule has 2 rings (SSSR count). The quantitative estimate of drug-likeness (QED) is 0.810. The number of ether oxygens (including phenoxy) is 1. The number of hydrogen-bond donors (Lipinski definition) is 2. The predicted molar refractivity (Wildman–Crippen MR) is 91.5 cm³/mol. The highest BCUT2D eigenvalue weighted by Gasteiger charge is 2.18. The second-order valence-corrected chi connectivity index (χ2v) is 5.81. The Bertz CT molecular complexity index is 462. The molecule has 0 saturated heterocycles. The molecule has 0 bridgehead atoms. The molecule has 1 aromatic carbocycles. The highest BCUT2D eigenvalue weighted by molar-refractivity contribution is 5.85. The molecule has 22 heavy (non-hydrogen) atoms. The Balaban J connectivity index is 0.00000242. The van der Waals surface area contributed by atoms with E-state index >= 15 is 0 Å². The van der Waals surface area contributed by atoms with E-state index in [0.29, 0.717) is 19.2 Å². The molecular formula is C17H27ClN2O2. The van der Waals surface area contributed by atoms with Crippen molar-refractivity contribution in [2.24, 2.45) is 5.92 Å². The van der Waals surface area contributed by atoms with E-state index in [-0.39, 0.29) is 24.2 Å². The summed E-state index contributed by atoms with van der Waals surface area (Å²) in [6.07, 6.45) is 5.13. The summed E-state index contributed by atoms with van der Waals surface area (Å²) in [5, 5.41) is 6.01. The third-order valence-corrected chi connectivity index (χ3v) is 3.98. The van der Waals surface area contributed by atoms with Crippen molar-refractivity contribution in [3.63, 3.8) is 0 Å². The van der Waals surface area contributed by atoms with E-state index < -0.39 is 0 Å². The maximum atomic E-state index is 12.0. The average molecular weight is 327 g/mol. The van der Waals surface area contributed by atoms with Gasteiger partial charge in [-0.15, -0.1) is 12.4 Å². The van der Waals surface area contributed by atoms with Gasteiger partial charge in [0.05, 0.1) is 6.10 Å². The molecule has 1 atom stereocenters. The summed E-state index contributed by atoms with van der Waals surface area (Å²) in [5.41, 5.74) is 1.05. The van der Waals surface area contributed by atoms with Crippen molar-refractivity contribution in [3.8, 4) is 5.75 Å². The van der Waals surface area contributed by atoms with Gasteiger partial charge in [0.25, 0.3) is 0 Å². The standard InChI is InChI=1S/C17H26N2O2.ClH/c1-13(11-18-2)17(20)19-12-14-7-3-6-10-16(14)21-15-8-4-5-9-15;/h3,6-7,10,13,15,18H,4-5,8-9,11-12H2,1-2H3,(H,19,20);1H. The molecule has 1 saturated carbocycles. The molecule has 1 amide bonds. The molecular weight excluding hydrogens is 300 g/mol. The fraction of sp³-hybridized carbons (Fsp3) is 0.588. The number of halogens is 1. The molecule has 1 aliphatic rings. The summed E-state index contributed by atoms with van der Waals surface area (Å²) in [4.78, 5) is 12.0. The van der Waals surface area contributed by atoms with Gasteiger partial charge in [-0.3, -0.25) is 4.79 Å². The van der Waals surface area contributed by atoms with Crippen LogP contribution in [0, 0.1) is 5.92 Å². The molecule has 0 aliphatic heterocycles. The van der Waals surface area contributed by atoms with Gasteiger partial charge in [0.1, 0.15) is 5.75 Å². The van der Waals surface area contributed by atoms with E-state index in [1.807, 2.05) is 38.2 Å². The molecule has 4 nitrogen and oxygen atoms in total. The van der Waals surface area contributed by atoms with Gasteiger partial charge in [0.15, 0.2) is 0 Å². The van der Waals surface area contributed by atoms with Crippen molar-refractivity contribution in [2.45, 2.75) is 45.3 Å². The maximum absolute atomic E-state index is 12.0. The van der Waals surface area contributed by atoms with Crippen molar-refractivity contribution >= 4 is 18.3 Å². The Labute approximate surface area is 139 Å². The van der Waals surface area contributed by atoms with Gasteiger partial charge in [-0.25, -0.2) is 0 Å². The highest BCUT2D eigenvalue weighted by Crippen LogP contribution is 2.26. The lowest BCUT2D eigenvalue weighted by Gasteiger charge is -2.17. The highest BCUT2D eigenvalue weighted by atomic mass is 35.5. The van der Waals surface area contributed by atoms with Crippen molar-refractivity contribution < 1.29 is 9.53 Å². The number of hydrogen-bond acceptors (Lipinski definition) is 3. The fourth-order valence-electron chi connectivity index (χ4n) is 2.71. The van der Waals surface area contributed by atoms with E-state index in [2.05, 4.69) is 10.6 Å². The van der Waals surface area contributed by atoms with E-state index in [9.17, 15) is 4.79 Å². The number of benzene rings is 1. The van der Waals surface area contributed by atoms with Crippen LogP contribution < -0.4 is 15.4 Å². The van der Waals surface area contributed by atoms with Gasteiger partial charge >= 0.3 is 0 Å². The number of amides is 1. The number of nitrogens with one attached hydrogen (secondary N) is 2. The first-order valence-electron chi connectivity index (χ1n) is 7.87. The zero-order valence-electron chi connectivity index (χ0n) is 13.4. The van der Waals surface area contributed by atoms with E-state index in [1.54, 1.807) is 0 Å². The van der Waals surface area contributed by atoms with Crippen molar-refractivity contribution in [1.82, 2.24) is 10.6 Å². The Morgan fingerprint density at radius 3 is 2.68 bits per heavy atom. The molecule has 124 valence electrons. The van der Waals surface area contributed by atoms with Crippen LogP contribution in [0.15, 0.2) is 24.3 Å². The zero-order chi connectivity index (χ0) is 15.1. The van der Waals surface area contributed by atoms with Crippen LogP contribution in [-0.2, 0) is 11.3 Å². The minimum Gasteiger partial charge on any atom is -0.490 e. The molecule has 0 radical (unpaired) electrons. The first kappa shape index (κ1) is 18.8. The summed E-state index contributed by atoms with van der Waals surface area (Å²) in [6.45, 7) is 3.13. The van der Waals surface area contributed by atoms with Crippen molar-refractivity contribution in [3.05, 3.63) is 29.8 Å². The summed E-state index contributed by atoms with van der Waals surface area (Å²) in [7, 11) is 1.86. The monoisotopic (exact) mass is 326 g/mol. The van der Waals surface area contributed by atoms with Crippen LogP contribution in [0.5, 0.6) is 5.75 Å². The van der Waals surface area contributed by atoms with Crippen LogP contribution in [0.2, 0.25) is 0 Å². The average Bonchev–Trinajstić information content (AvgIpc) is 2.99. The third-order valence-electron chi connectivity index (χ3n) is 3.98. The first-order valence-corrected chi connectivity index (χ1v) is 7.87. The lowest BCUT2D eigenvalue weighted by atomic mass is 10.1. The molecule has 1 fully saturated rings. The van der Waals surface area contributed by atoms with Gasteiger partial charge in [-0.05, 0) is 38.8 Å². The van der Waals surface area contributed by atoms with E-state index in [4.69, 9.17) is 4.74 Å². The van der Waals surface area contributed by atoms with E-state index in [1.165, 1.54) is 12.8 Å². The normalized spacial score (nSPS) is 15.9. The summed E-state index contributed by atoms with van der Waals surface area (Å²) in [5.74, 6) is 0.948. The van der Waals surface area contributed by atoms with Crippen molar-refractivity contribution in [1.29, 1.82) is 0 Å². The smallest absolute Gasteiger partial charge is 0.224 e. The Morgan fingerprint density at radius 1 is 1.32 bits per heavy atom. The molecule has 2 N–H and O–H groups in total. The Morgan fingerprint density at radius 2 is 2.00 bits per heavy atom. The largest absolute Gasteiger partial charge is 0.490 e. The number of rotatable bonds is 7. The van der Waals surface area contributed by atoms with E-state index in [0.717, 1.165) is 24.2 Å². The molecule has 5 heteroatoms. The van der Waals surface area contributed by atoms with Crippen LogP contribution >= 0.6 is 12.4 Å². The number of para-hydroxylation sites is 1. The Hall–Kier alpha value is -1.26. The second-order valence-electron chi connectivity index (χ2n) is 5.81. The molecule has 0 spiro atoms. The van der Waals surface area contributed by atoms with Gasteiger partial charge in [-0.2, -0.15) is 0 Å². The van der Waals surface area contributed by atoms with Gasteiger partial charge in [0, 0.05) is 24.6 Å². The second kappa shape index (κ2) is 9.70. The molecule has 1 aliphatic carbocycles. The minimum absolute atomic E-state index is 0. The van der Waals surface area contributed by atoms with Gasteiger partial charge < -0.3 is 15.4 Å². The Kier molecular flexibility index (Phi) is 8.28. The van der Waals surface area contributed by atoms with Crippen LogP contribution in [0.1, 0.15) is 38.2 Å². The molecule has 0 heterocycles. The zero-order valence-corrected chi connectivity index (χ0v) is 14.2. The topological polar surface area (TPSA) is 50.4 Å². The molecule has 1 aromatic rings. The van der Waals surface area contributed by atoms with Crippen molar-refractivity contribution in [2.75, 3.05) is 13.6 Å². The first-order chi connectivity index (χ1) is 10.2. The summed E-state index contributed by atoms with van der Waals surface area (Å²) >= 11 is 0. The number of carbonyl (C=O) groups excluding carboxylic acids is 1. The van der Waals surface area contributed by atoms with Gasteiger partial charge in [-0.1, -0.05) is 25.1 Å². The summed E-state index contributed by atoms with van der Waals surface area (Å²) in [6, 6.07) is 7.99. The molecule has 0 aromatic heterocycles. The lowest BCUT2D eigenvalue weighted by Crippen LogP contribution is -2.34. The van der Waals surface area contributed by atoms with Gasteiger partial charge in [0.2, 0.25) is 5.91 Å². The van der Waals surface area contributed by atoms with Crippen LogP contribution in [-0.4, -0.2) is 25.6 Å². The van der Waals surface area contributed by atoms with Crippen LogP contribution in [0.25, 0.3) is 0 Å². The lowest BCUT2D eigenvalue weighted by molar-refractivity contribution is -0.124. The number of carbonyl (C=O) groups is 1. The SMILES string of the molecule is CNCC(C)C(=O)NCc1ccccc1OC1CCCC1.Cl. The predicted octanol–water partition coefficient (Wildman–Crippen LogP) is 2.90. The minimum atomic E-state index is -0.0297.